The van der Waals surface area contributed by atoms with Crippen LogP contribution >= 0.6 is 11.3 Å². The average molecular weight is 296 g/mol. The Labute approximate surface area is 125 Å². The van der Waals surface area contributed by atoms with Crippen LogP contribution in [0.4, 0.5) is 0 Å². The Balaban J connectivity index is 1.75. The third-order valence-electron chi connectivity index (χ3n) is 3.41. The molecule has 6 heteroatoms. The number of aliphatic imine (C=N–C) groups is 1. The summed E-state index contributed by atoms with van der Waals surface area (Å²) in [4.78, 5) is 10.9. The molecular formula is C14H24N4OS. The van der Waals surface area contributed by atoms with Crippen LogP contribution in [0.3, 0.4) is 0 Å². The first-order valence-electron chi connectivity index (χ1n) is 7.13. The maximum Gasteiger partial charge on any atom is 0.193 e. The molecule has 0 aromatic carbocycles. The van der Waals surface area contributed by atoms with Gasteiger partial charge in [-0.15, -0.1) is 11.3 Å². The molecule has 1 unspecified atom stereocenters. The lowest BCUT2D eigenvalue weighted by atomic mass is 10.2. The Bertz CT molecular complexity index is 440. The highest BCUT2D eigenvalue weighted by atomic mass is 32.1. The van der Waals surface area contributed by atoms with Crippen LogP contribution in [0.1, 0.15) is 30.0 Å². The number of aromatic nitrogens is 1. The van der Waals surface area contributed by atoms with Gasteiger partial charge >= 0.3 is 0 Å². The Morgan fingerprint density at radius 1 is 1.65 bits per heavy atom. The normalized spacial score (nSPS) is 19.4. The van der Waals surface area contributed by atoms with E-state index in [4.69, 9.17) is 4.74 Å². The molecule has 2 heterocycles. The van der Waals surface area contributed by atoms with Gasteiger partial charge in [-0.3, -0.25) is 4.99 Å². The Kier molecular flexibility index (Phi) is 5.79. The summed E-state index contributed by atoms with van der Waals surface area (Å²) in [5.41, 5.74) is 1.09. The molecule has 2 rings (SSSR count). The molecule has 1 fully saturated rings. The Hall–Kier alpha value is -1.14. The maximum atomic E-state index is 5.63. The summed E-state index contributed by atoms with van der Waals surface area (Å²) in [6.45, 7) is 4.63. The molecule has 1 atom stereocenters. The lowest BCUT2D eigenvalue weighted by Crippen LogP contribution is -2.39. The van der Waals surface area contributed by atoms with E-state index in [0.717, 1.165) is 42.8 Å². The van der Waals surface area contributed by atoms with Crippen molar-refractivity contribution in [1.29, 1.82) is 0 Å². The van der Waals surface area contributed by atoms with Crippen LogP contribution in [-0.4, -0.2) is 49.2 Å². The zero-order valence-electron chi connectivity index (χ0n) is 12.6. The molecule has 112 valence electrons. The van der Waals surface area contributed by atoms with Crippen LogP contribution in [0, 0.1) is 6.92 Å². The highest BCUT2D eigenvalue weighted by Crippen LogP contribution is 2.14. The van der Waals surface area contributed by atoms with E-state index < -0.39 is 0 Å². The number of nitrogens with one attached hydrogen (secondary N) is 1. The SMILES string of the molecule is CN=C(NCCC1CCCO1)N(C)Cc1csc(C)n1. The van der Waals surface area contributed by atoms with Gasteiger partial charge in [-0.25, -0.2) is 4.98 Å². The largest absolute Gasteiger partial charge is 0.378 e. The lowest BCUT2D eigenvalue weighted by Gasteiger charge is -2.21. The first-order chi connectivity index (χ1) is 9.69. The van der Waals surface area contributed by atoms with Gasteiger partial charge in [-0.05, 0) is 26.2 Å². The number of hydrogen-bond donors (Lipinski definition) is 1. The predicted octanol–water partition coefficient (Wildman–Crippen LogP) is 2.03. The quantitative estimate of drug-likeness (QED) is 0.667. The first-order valence-corrected chi connectivity index (χ1v) is 8.01. The fraction of sp³-hybridized carbons (Fsp3) is 0.714. The summed E-state index contributed by atoms with van der Waals surface area (Å²) in [7, 11) is 3.85. The smallest absolute Gasteiger partial charge is 0.193 e. The molecule has 0 amide bonds. The van der Waals surface area contributed by atoms with Crippen LogP contribution in [0.5, 0.6) is 0 Å². The van der Waals surface area contributed by atoms with E-state index in [1.54, 1.807) is 11.3 Å². The van der Waals surface area contributed by atoms with E-state index in [9.17, 15) is 0 Å². The van der Waals surface area contributed by atoms with E-state index in [-0.39, 0.29) is 0 Å². The van der Waals surface area contributed by atoms with Gasteiger partial charge in [-0.2, -0.15) is 0 Å². The highest BCUT2D eigenvalue weighted by molar-refractivity contribution is 7.09. The van der Waals surface area contributed by atoms with Crippen molar-refractivity contribution in [2.75, 3.05) is 27.2 Å². The fourth-order valence-corrected chi connectivity index (χ4v) is 3.00. The molecule has 0 bridgehead atoms. The van der Waals surface area contributed by atoms with Gasteiger partial charge in [0.2, 0.25) is 0 Å². The fourth-order valence-electron chi connectivity index (χ4n) is 2.40. The minimum Gasteiger partial charge on any atom is -0.378 e. The molecule has 1 aromatic heterocycles. The van der Waals surface area contributed by atoms with Crippen molar-refractivity contribution in [2.45, 2.75) is 38.8 Å². The monoisotopic (exact) mass is 296 g/mol. The van der Waals surface area contributed by atoms with Gasteiger partial charge in [-0.1, -0.05) is 0 Å². The number of nitrogens with zero attached hydrogens (tertiary/aromatic N) is 3. The summed E-state index contributed by atoms with van der Waals surface area (Å²) in [5.74, 6) is 0.911. The number of rotatable bonds is 5. The van der Waals surface area contributed by atoms with Crippen molar-refractivity contribution < 1.29 is 4.74 Å². The van der Waals surface area contributed by atoms with Gasteiger partial charge in [0.15, 0.2) is 5.96 Å². The van der Waals surface area contributed by atoms with E-state index >= 15 is 0 Å². The molecule has 1 aliphatic heterocycles. The third-order valence-corrected chi connectivity index (χ3v) is 4.23. The lowest BCUT2D eigenvalue weighted by molar-refractivity contribution is 0.105. The van der Waals surface area contributed by atoms with Gasteiger partial charge in [0, 0.05) is 32.6 Å². The highest BCUT2D eigenvalue weighted by Gasteiger charge is 2.15. The Morgan fingerprint density at radius 2 is 2.50 bits per heavy atom. The molecule has 20 heavy (non-hydrogen) atoms. The van der Waals surface area contributed by atoms with E-state index in [1.807, 2.05) is 21.0 Å². The van der Waals surface area contributed by atoms with Crippen LogP contribution in [-0.2, 0) is 11.3 Å². The first kappa shape index (κ1) is 15.3. The number of guanidine groups is 1. The van der Waals surface area contributed by atoms with Crippen molar-refractivity contribution in [3.05, 3.63) is 16.1 Å². The van der Waals surface area contributed by atoms with Gasteiger partial charge in [0.1, 0.15) is 0 Å². The number of thiazole rings is 1. The molecule has 0 saturated carbocycles. The van der Waals surface area contributed by atoms with Crippen LogP contribution in [0.15, 0.2) is 10.4 Å². The standard InChI is InChI=1S/C14H24N4OS/c1-11-17-12(10-20-11)9-18(3)14(15-2)16-7-6-13-5-4-8-19-13/h10,13H,4-9H2,1-3H3,(H,15,16). The van der Waals surface area contributed by atoms with E-state index in [2.05, 4.69) is 25.6 Å². The van der Waals surface area contributed by atoms with Crippen molar-refractivity contribution in [3.63, 3.8) is 0 Å². The number of hydrogen-bond acceptors (Lipinski definition) is 4. The molecule has 1 N–H and O–H groups in total. The summed E-state index contributed by atoms with van der Waals surface area (Å²) in [6.07, 6.45) is 3.85. The summed E-state index contributed by atoms with van der Waals surface area (Å²) >= 11 is 1.69. The van der Waals surface area contributed by atoms with E-state index in [1.165, 1.54) is 12.8 Å². The second-order valence-electron chi connectivity index (χ2n) is 5.11. The maximum absolute atomic E-state index is 5.63. The zero-order valence-corrected chi connectivity index (χ0v) is 13.4. The average Bonchev–Trinajstić information content (AvgIpc) is 3.06. The van der Waals surface area contributed by atoms with Gasteiger partial charge in [0.25, 0.3) is 0 Å². The topological polar surface area (TPSA) is 49.8 Å². The van der Waals surface area contributed by atoms with Gasteiger partial charge in [0.05, 0.1) is 23.4 Å². The summed E-state index contributed by atoms with van der Waals surface area (Å²) in [5, 5.41) is 6.60. The molecule has 1 aromatic rings. The Morgan fingerprint density at radius 3 is 3.10 bits per heavy atom. The van der Waals surface area contributed by atoms with Gasteiger partial charge < -0.3 is 15.0 Å². The van der Waals surface area contributed by atoms with Crippen LogP contribution in [0.2, 0.25) is 0 Å². The van der Waals surface area contributed by atoms with Crippen molar-refractivity contribution in [1.82, 2.24) is 15.2 Å². The molecular weight excluding hydrogens is 272 g/mol. The number of aryl methyl sites for hydroxylation is 1. The second kappa shape index (κ2) is 7.59. The minimum atomic E-state index is 0.423. The summed E-state index contributed by atoms with van der Waals surface area (Å²) < 4.78 is 5.63. The minimum absolute atomic E-state index is 0.423. The van der Waals surface area contributed by atoms with Crippen molar-refractivity contribution in [2.24, 2.45) is 4.99 Å². The summed E-state index contributed by atoms with van der Waals surface area (Å²) in [6, 6.07) is 0. The van der Waals surface area contributed by atoms with Crippen molar-refractivity contribution >= 4 is 17.3 Å². The molecule has 0 aliphatic carbocycles. The number of ether oxygens (including phenoxy) is 1. The molecule has 1 saturated heterocycles. The zero-order chi connectivity index (χ0) is 14.4. The van der Waals surface area contributed by atoms with E-state index in [0.29, 0.717) is 6.10 Å². The molecule has 5 nitrogen and oxygen atoms in total. The van der Waals surface area contributed by atoms with Crippen molar-refractivity contribution in [3.8, 4) is 0 Å². The predicted molar refractivity (Wildman–Crippen MR) is 83.3 cm³/mol. The van der Waals surface area contributed by atoms with Crippen LogP contribution in [0.25, 0.3) is 0 Å². The molecule has 1 aliphatic rings. The third kappa shape index (κ3) is 4.45. The second-order valence-corrected chi connectivity index (χ2v) is 6.17. The molecule has 0 radical (unpaired) electrons. The molecule has 0 spiro atoms. The van der Waals surface area contributed by atoms with Crippen LogP contribution < -0.4 is 5.32 Å².